The van der Waals surface area contributed by atoms with E-state index in [1.54, 1.807) is 18.0 Å². The van der Waals surface area contributed by atoms with Gasteiger partial charge in [-0.3, -0.25) is 9.48 Å². The minimum atomic E-state index is -0.641. The fourth-order valence-electron chi connectivity index (χ4n) is 2.87. The second-order valence-corrected chi connectivity index (χ2v) is 5.42. The first-order valence-corrected chi connectivity index (χ1v) is 7.41. The summed E-state index contributed by atoms with van der Waals surface area (Å²) in [5.74, 6) is 0.683. The number of hydrogen-bond acceptors (Lipinski definition) is 4. The van der Waals surface area contributed by atoms with Crippen molar-refractivity contribution >= 4 is 24.0 Å². The molecule has 1 aromatic heterocycles. The van der Waals surface area contributed by atoms with Crippen molar-refractivity contribution in [2.75, 3.05) is 25.5 Å². The summed E-state index contributed by atoms with van der Waals surface area (Å²) in [6.07, 6.45) is 4.99. The molecule has 1 aromatic carbocycles. The number of ether oxygens (including phenoxy) is 1. The summed E-state index contributed by atoms with van der Waals surface area (Å²) < 4.78 is 6.98. The van der Waals surface area contributed by atoms with Crippen LogP contribution in [-0.2, 0) is 10.3 Å². The third kappa shape index (κ3) is 3.48. The Hall–Kier alpha value is -2.05. The molecule has 0 aliphatic carbocycles. The molecule has 1 aliphatic heterocycles. The maximum absolute atomic E-state index is 12.9. The summed E-state index contributed by atoms with van der Waals surface area (Å²) in [6, 6.07) is 9.23. The van der Waals surface area contributed by atoms with Crippen molar-refractivity contribution in [1.29, 1.82) is 0 Å². The van der Waals surface area contributed by atoms with E-state index in [9.17, 15) is 4.79 Å². The molecule has 1 saturated heterocycles. The standard InChI is InChI=1S/C16H20N4O2.ClH/c1-22-14-5-2-4-13(12-14)19-15(21)16(6-9-17-10-7-16)20-11-3-8-18-20;/h2-5,8,11-12,17H,6-7,9-10H2,1H3,(H,19,21);1H. The molecule has 0 bridgehead atoms. The smallest absolute Gasteiger partial charge is 0.252 e. The Morgan fingerprint density at radius 3 is 2.78 bits per heavy atom. The third-order valence-corrected chi connectivity index (χ3v) is 4.12. The van der Waals surface area contributed by atoms with Crippen molar-refractivity contribution in [3.8, 4) is 5.75 Å². The predicted molar refractivity (Wildman–Crippen MR) is 91.2 cm³/mol. The van der Waals surface area contributed by atoms with Crippen LogP contribution in [0.2, 0.25) is 0 Å². The number of carbonyl (C=O) groups excluding carboxylic acids is 1. The first kappa shape index (κ1) is 17.3. The molecule has 0 spiro atoms. The third-order valence-electron chi connectivity index (χ3n) is 4.12. The molecular weight excluding hydrogens is 316 g/mol. The SMILES string of the molecule is COc1cccc(NC(=O)C2(n3cccn3)CCNCC2)c1.Cl. The van der Waals surface area contributed by atoms with Crippen LogP contribution in [0.25, 0.3) is 0 Å². The van der Waals surface area contributed by atoms with Crippen LogP contribution < -0.4 is 15.4 Å². The summed E-state index contributed by atoms with van der Waals surface area (Å²) in [4.78, 5) is 12.9. The van der Waals surface area contributed by atoms with Gasteiger partial charge in [0, 0.05) is 24.1 Å². The highest BCUT2D eigenvalue weighted by Crippen LogP contribution is 2.29. The van der Waals surface area contributed by atoms with Crippen LogP contribution in [0.15, 0.2) is 42.7 Å². The first-order chi connectivity index (χ1) is 10.7. The van der Waals surface area contributed by atoms with E-state index in [2.05, 4.69) is 15.7 Å². The van der Waals surface area contributed by atoms with Gasteiger partial charge in [-0.15, -0.1) is 12.4 Å². The number of methoxy groups -OCH3 is 1. The van der Waals surface area contributed by atoms with E-state index >= 15 is 0 Å². The van der Waals surface area contributed by atoms with E-state index in [4.69, 9.17) is 4.74 Å². The number of halogens is 1. The van der Waals surface area contributed by atoms with Gasteiger partial charge in [0.2, 0.25) is 0 Å². The zero-order valence-corrected chi connectivity index (χ0v) is 13.8. The largest absolute Gasteiger partial charge is 0.497 e. The van der Waals surface area contributed by atoms with E-state index in [1.807, 2.05) is 36.5 Å². The number of hydrogen-bond donors (Lipinski definition) is 2. The van der Waals surface area contributed by atoms with Crippen molar-refractivity contribution in [2.24, 2.45) is 0 Å². The lowest BCUT2D eigenvalue weighted by Gasteiger charge is -2.36. The van der Waals surface area contributed by atoms with Gasteiger partial charge in [-0.05, 0) is 44.1 Å². The van der Waals surface area contributed by atoms with Crippen LogP contribution in [0, 0.1) is 0 Å². The van der Waals surface area contributed by atoms with Gasteiger partial charge in [-0.1, -0.05) is 6.07 Å². The molecule has 2 aromatic rings. The minimum Gasteiger partial charge on any atom is -0.497 e. The highest BCUT2D eigenvalue weighted by atomic mass is 35.5. The van der Waals surface area contributed by atoms with Crippen molar-refractivity contribution in [3.63, 3.8) is 0 Å². The zero-order chi connectivity index (χ0) is 15.4. The maximum Gasteiger partial charge on any atom is 0.252 e. The molecule has 0 atom stereocenters. The second kappa shape index (κ2) is 7.48. The number of rotatable bonds is 4. The summed E-state index contributed by atoms with van der Waals surface area (Å²) in [6.45, 7) is 1.59. The van der Waals surface area contributed by atoms with Crippen LogP contribution in [0.5, 0.6) is 5.75 Å². The highest BCUT2D eigenvalue weighted by Gasteiger charge is 2.42. The Labute approximate surface area is 141 Å². The Morgan fingerprint density at radius 2 is 2.13 bits per heavy atom. The Morgan fingerprint density at radius 1 is 1.35 bits per heavy atom. The number of nitrogens with one attached hydrogen (secondary N) is 2. The number of amides is 1. The normalized spacial score (nSPS) is 16.2. The lowest BCUT2D eigenvalue weighted by molar-refractivity contribution is -0.126. The van der Waals surface area contributed by atoms with E-state index < -0.39 is 5.54 Å². The van der Waals surface area contributed by atoms with E-state index in [1.165, 1.54) is 0 Å². The van der Waals surface area contributed by atoms with Crippen molar-refractivity contribution in [2.45, 2.75) is 18.4 Å². The molecule has 23 heavy (non-hydrogen) atoms. The summed E-state index contributed by atoms with van der Waals surface area (Å²) in [7, 11) is 1.61. The van der Waals surface area contributed by atoms with E-state index in [0.29, 0.717) is 12.8 Å². The first-order valence-electron chi connectivity index (χ1n) is 7.41. The fourth-order valence-corrected chi connectivity index (χ4v) is 2.87. The van der Waals surface area contributed by atoms with Crippen molar-refractivity contribution in [3.05, 3.63) is 42.7 Å². The molecule has 7 heteroatoms. The minimum absolute atomic E-state index is 0. The lowest BCUT2D eigenvalue weighted by atomic mass is 9.87. The molecular formula is C16H21ClN4O2. The van der Waals surface area contributed by atoms with Gasteiger partial charge in [-0.2, -0.15) is 5.10 Å². The molecule has 6 nitrogen and oxygen atoms in total. The van der Waals surface area contributed by atoms with Crippen LogP contribution in [0.4, 0.5) is 5.69 Å². The molecule has 0 saturated carbocycles. The molecule has 124 valence electrons. The number of benzene rings is 1. The number of carbonyl (C=O) groups is 1. The predicted octanol–water partition coefficient (Wildman–Crippen LogP) is 2.03. The van der Waals surface area contributed by atoms with Crippen LogP contribution >= 0.6 is 12.4 Å². The fraction of sp³-hybridized carbons (Fsp3) is 0.375. The number of aromatic nitrogens is 2. The second-order valence-electron chi connectivity index (χ2n) is 5.42. The van der Waals surface area contributed by atoms with Crippen LogP contribution in [0.3, 0.4) is 0 Å². The zero-order valence-electron chi connectivity index (χ0n) is 13.0. The Kier molecular flexibility index (Phi) is 5.63. The van der Waals surface area contributed by atoms with Gasteiger partial charge in [0.05, 0.1) is 7.11 Å². The summed E-state index contributed by atoms with van der Waals surface area (Å²) in [5, 5.41) is 10.6. The highest BCUT2D eigenvalue weighted by molar-refractivity contribution is 5.96. The molecule has 0 radical (unpaired) electrons. The molecule has 1 amide bonds. The Bertz CT molecular complexity index is 639. The molecule has 0 unspecified atom stereocenters. The molecule has 2 heterocycles. The van der Waals surface area contributed by atoms with Crippen molar-refractivity contribution < 1.29 is 9.53 Å². The van der Waals surface area contributed by atoms with Crippen molar-refractivity contribution in [1.82, 2.24) is 15.1 Å². The molecule has 1 fully saturated rings. The maximum atomic E-state index is 12.9. The van der Waals surface area contributed by atoms with Crippen LogP contribution in [-0.4, -0.2) is 35.9 Å². The van der Waals surface area contributed by atoms with Gasteiger partial charge >= 0.3 is 0 Å². The van der Waals surface area contributed by atoms with Gasteiger partial charge in [0.1, 0.15) is 11.3 Å². The lowest BCUT2D eigenvalue weighted by Crippen LogP contribution is -2.52. The quantitative estimate of drug-likeness (QED) is 0.896. The van der Waals surface area contributed by atoms with E-state index in [-0.39, 0.29) is 18.3 Å². The Balaban J connectivity index is 0.00000192. The number of anilines is 1. The number of piperidine rings is 1. The van der Waals surface area contributed by atoms with Gasteiger partial charge < -0.3 is 15.4 Å². The molecule has 1 aliphatic rings. The van der Waals surface area contributed by atoms with Crippen LogP contribution in [0.1, 0.15) is 12.8 Å². The van der Waals surface area contributed by atoms with Gasteiger partial charge in [0.25, 0.3) is 5.91 Å². The topological polar surface area (TPSA) is 68.2 Å². The number of nitrogens with zero attached hydrogens (tertiary/aromatic N) is 2. The average Bonchev–Trinajstić information content (AvgIpc) is 3.10. The monoisotopic (exact) mass is 336 g/mol. The average molecular weight is 337 g/mol. The summed E-state index contributed by atoms with van der Waals surface area (Å²) in [5.41, 5.74) is 0.0899. The molecule has 2 N–H and O–H groups in total. The summed E-state index contributed by atoms with van der Waals surface area (Å²) >= 11 is 0. The molecule has 3 rings (SSSR count). The van der Waals surface area contributed by atoms with Gasteiger partial charge in [0.15, 0.2) is 0 Å². The van der Waals surface area contributed by atoms with Gasteiger partial charge in [-0.25, -0.2) is 0 Å². The van der Waals surface area contributed by atoms with E-state index in [0.717, 1.165) is 24.5 Å².